The van der Waals surface area contributed by atoms with Crippen molar-refractivity contribution in [3.63, 3.8) is 0 Å². The topological polar surface area (TPSA) is 26.8 Å². The monoisotopic (exact) mass is 429 g/mol. The molecule has 1 atom stereocenters. The van der Waals surface area contributed by atoms with E-state index in [1.165, 1.54) is 12.1 Å². The number of carbonyl (C=O) groups excluding carboxylic acids is 1. The third-order valence-corrected chi connectivity index (χ3v) is 7.09. The Labute approximate surface area is 182 Å². The standard InChI is InChI=1S/C23H28ClN3OS/c24-19-6-4-7-20(16-19)25-12-14-26(15-13-25)21-8-5-11-27(17-21)23(28)18-29-22-9-2-1-3-10-22/h1-4,6-7,9-10,16,21H,5,8,11-15,17-18H2/t21-/m1/s1. The number of hydrogen-bond acceptors (Lipinski definition) is 4. The molecule has 2 heterocycles. The predicted octanol–water partition coefficient (Wildman–Crippen LogP) is 4.25. The van der Waals surface area contributed by atoms with Crippen LogP contribution in [0.3, 0.4) is 0 Å². The van der Waals surface area contributed by atoms with E-state index < -0.39 is 0 Å². The molecule has 2 aliphatic heterocycles. The summed E-state index contributed by atoms with van der Waals surface area (Å²) in [6, 6.07) is 18.8. The van der Waals surface area contributed by atoms with Crippen molar-refractivity contribution in [2.24, 2.45) is 0 Å². The van der Waals surface area contributed by atoms with Crippen LogP contribution in [0.1, 0.15) is 12.8 Å². The maximum atomic E-state index is 12.7. The second kappa shape index (κ2) is 9.88. The average molecular weight is 430 g/mol. The third kappa shape index (κ3) is 5.47. The van der Waals surface area contributed by atoms with Crippen molar-refractivity contribution in [1.82, 2.24) is 9.80 Å². The van der Waals surface area contributed by atoms with Crippen molar-refractivity contribution in [3.8, 4) is 0 Å². The van der Waals surface area contributed by atoms with Gasteiger partial charge in [0.1, 0.15) is 0 Å². The zero-order valence-electron chi connectivity index (χ0n) is 16.7. The number of halogens is 1. The number of piperidine rings is 1. The van der Waals surface area contributed by atoms with Crippen LogP contribution in [0.25, 0.3) is 0 Å². The summed E-state index contributed by atoms with van der Waals surface area (Å²) in [7, 11) is 0. The highest BCUT2D eigenvalue weighted by atomic mass is 35.5. The van der Waals surface area contributed by atoms with E-state index in [1.807, 2.05) is 36.4 Å². The van der Waals surface area contributed by atoms with Crippen LogP contribution in [0.15, 0.2) is 59.5 Å². The van der Waals surface area contributed by atoms with Crippen LogP contribution in [0.5, 0.6) is 0 Å². The first kappa shape index (κ1) is 20.6. The van der Waals surface area contributed by atoms with Gasteiger partial charge < -0.3 is 9.80 Å². The van der Waals surface area contributed by atoms with Gasteiger partial charge in [-0.25, -0.2) is 0 Å². The minimum absolute atomic E-state index is 0.265. The minimum Gasteiger partial charge on any atom is -0.369 e. The molecule has 29 heavy (non-hydrogen) atoms. The number of amides is 1. The molecule has 1 amide bonds. The van der Waals surface area contributed by atoms with E-state index >= 15 is 0 Å². The summed E-state index contributed by atoms with van der Waals surface area (Å²) in [5.41, 5.74) is 1.20. The molecule has 4 nitrogen and oxygen atoms in total. The zero-order chi connectivity index (χ0) is 20.1. The number of hydrogen-bond donors (Lipinski definition) is 0. The molecular formula is C23H28ClN3OS. The average Bonchev–Trinajstić information content (AvgIpc) is 2.78. The maximum Gasteiger partial charge on any atom is 0.232 e. The van der Waals surface area contributed by atoms with Crippen LogP contribution in [0.2, 0.25) is 5.02 Å². The van der Waals surface area contributed by atoms with Crippen LogP contribution in [-0.2, 0) is 4.79 Å². The highest BCUT2D eigenvalue weighted by molar-refractivity contribution is 8.00. The van der Waals surface area contributed by atoms with Gasteiger partial charge >= 0.3 is 0 Å². The van der Waals surface area contributed by atoms with Crippen LogP contribution in [0, 0.1) is 0 Å². The fourth-order valence-corrected chi connectivity index (χ4v) is 5.26. The largest absolute Gasteiger partial charge is 0.369 e. The van der Waals surface area contributed by atoms with Crippen LogP contribution < -0.4 is 4.90 Å². The Hall–Kier alpha value is -1.69. The van der Waals surface area contributed by atoms with Gasteiger partial charge in [-0.2, -0.15) is 0 Å². The number of likely N-dealkylation sites (tertiary alicyclic amines) is 1. The molecule has 0 aromatic heterocycles. The molecular weight excluding hydrogens is 402 g/mol. The second-order valence-corrected chi connectivity index (χ2v) is 9.23. The summed E-state index contributed by atoms with van der Waals surface area (Å²) in [5.74, 6) is 0.792. The van der Waals surface area contributed by atoms with Crippen molar-refractivity contribution >= 4 is 35.0 Å². The lowest BCUT2D eigenvalue weighted by Crippen LogP contribution is -2.56. The maximum absolute atomic E-state index is 12.7. The molecule has 2 aromatic carbocycles. The Balaban J connectivity index is 1.27. The number of anilines is 1. The summed E-state index contributed by atoms with van der Waals surface area (Å²) < 4.78 is 0. The lowest BCUT2D eigenvalue weighted by molar-refractivity contribution is -0.130. The third-order valence-electron chi connectivity index (χ3n) is 5.86. The van der Waals surface area contributed by atoms with Gasteiger partial charge in [0.15, 0.2) is 0 Å². The Bertz CT molecular complexity index is 811. The van der Waals surface area contributed by atoms with Gasteiger partial charge in [0.2, 0.25) is 5.91 Å². The smallest absolute Gasteiger partial charge is 0.232 e. The Kier molecular flexibility index (Phi) is 7.01. The van der Waals surface area contributed by atoms with Crippen molar-refractivity contribution < 1.29 is 4.79 Å². The van der Waals surface area contributed by atoms with Gasteiger partial charge in [-0.05, 0) is 43.2 Å². The SMILES string of the molecule is O=C(CSc1ccccc1)N1CCC[C@@H](N2CCN(c3cccc(Cl)c3)CC2)C1. The molecule has 0 aliphatic carbocycles. The fraction of sp³-hybridized carbons (Fsp3) is 0.435. The number of thioether (sulfide) groups is 1. The molecule has 2 saturated heterocycles. The molecule has 0 radical (unpaired) electrons. The molecule has 2 fully saturated rings. The number of rotatable bonds is 5. The minimum atomic E-state index is 0.265. The Morgan fingerprint density at radius 1 is 1.00 bits per heavy atom. The zero-order valence-corrected chi connectivity index (χ0v) is 18.2. The molecule has 0 bridgehead atoms. The van der Waals surface area contributed by atoms with E-state index in [1.54, 1.807) is 11.8 Å². The first-order valence-electron chi connectivity index (χ1n) is 10.4. The van der Waals surface area contributed by atoms with Crippen molar-refractivity contribution in [1.29, 1.82) is 0 Å². The van der Waals surface area contributed by atoms with Gasteiger partial charge in [-0.3, -0.25) is 9.69 Å². The number of nitrogens with zero attached hydrogens (tertiary/aromatic N) is 3. The highest BCUT2D eigenvalue weighted by Gasteiger charge is 2.30. The summed E-state index contributed by atoms with van der Waals surface area (Å²) in [6.07, 6.45) is 2.29. The molecule has 6 heteroatoms. The van der Waals surface area contributed by atoms with Crippen molar-refractivity contribution in [3.05, 3.63) is 59.6 Å². The molecule has 0 spiro atoms. The van der Waals surface area contributed by atoms with Gasteiger partial charge in [0, 0.05) is 60.9 Å². The van der Waals surface area contributed by atoms with Crippen molar-refractivity contribution in [2.75, 3.05) is 49.9 Å². The van der Waals surface area contributed by atoms with Crippen molar-refractivity contribution in [2.45, 2.75) is 23.8 Å². The predicted molar refractivity (Wildman–Crippen MR) is 122 cm³/mol. The molecule has 0 unspecified atom stereocenters. The lowest BCUT2D eigenvalue weighted by Gasteiger charge is -2.44. The number of piperazine rings is 1. The summed E-state index contributed by atoms with van der Waals surface area (Å²) in [6.45, 7) is 5.86. The normalized spacial score (nSPS) is 20.7. The molecule has 4 rings (SSSR count). The second-order valence-electron chi connectivity index (χ2n) is 7.74. The molecule has 154 valence electrons. The van der Waals surface area contributed by atoms with Gasteiger partial charge in [0.05, 0.1) is 5.75 Å². The number of carbonyl (C=O) groups is 1. The van der Waals surface area contributed by atoms with Gasteiger partial charge in [0.25, 0.3) is 0 Å². The van der Waals surface area contributed by atoms with E-state index in [0.717, 1.165) is 55.6 Å². The Morgan fingerprint density at radius 3 is 2.55 bits per heavy atom. The van der Waals surface area contributed by atoms with Gasteiger partial charge in [-0.1, -0.05) is 35.9 Å². The van der Waals surface area contributed by atoms with E-state index in [2.05, 4.69) is 32.9 Å². The highest BCUT2D eigenvalue weighted by Crippen LogP contribution is 2.24. The van der Waals surface area contributed by atoms with E-state index in [-0.39, 0.29) is 5.91 Å². The first-order valence-corrected chi connectivity index (χ1v) is 11.8. The van der Waals surface area contributed by atoms with E-state index in [0.29, 0.717) is 11.8 Å². The fourth-order valence-electron chi connectivity index (χ4n) is 4.25. The van der Waals surface area contributed by atoms with Gasteiger partial charge in [-0.15, -0.1) is 11.8 Å². The summed E-state index contributed by atoms with van der Waals surface area (Å²) >= 11 is 7.78. The van der Waals surface area contributed by atoms with E-state index in [4.69, 9.17) is 11.6 Å². The van der Waals surface area contributed by atoms with Crippen LogP contribution >= 0.6 is 23.4 Å². The summed E-state index contributed by atoms with van der Waals surface area (Å²) in [4.78, 5) is 21.0. The summed E-state index contributed by atoms with van der Waals surface area (Å²) in [5, 5.41) is 0.791. The quantitative estimate of drug-likeness (QED) is 0.664. The number of benzene rings is 2. The van der Waals surface area contributed by atoms with Crippen LogP contribution in [-0.4, -0.2) is 66.8 Å². The molecule has 2 aliphatic rings. The molecule has 0 N–H and O–H groups in total. The Morgan fingerprint density at radius 2 is 1.79 bits per heavy atom. The van der Waals surface area contributed by atoms with Crippen LogP contribution in [0.4, 0.5) is 5.69 Å². The lowest BCUT2D eigenvalue weighted by atomic mass is 10.0. The molecule has 0 saturated carbocycles. The molecule has 2 aromatic rings. The van der Waals surface area contributed by atoms with E-state index in [9.17, 15) is 4.79 Å². The first-order chi connectivity index (χ1) is 14.2.